The summed E-state index contributed by atoms with van der Waals surface area (Å²) in [6.07, 6.45) is 0. The van der Waals surface area contributed by atoms with Crippen LogP contribution in [0, 0.1) is 13.8 Å². The van der Waals surface area contributed by atoms with E-state index in [0.29, 0.717) is 5.02 Å². The SMILES string of the molecule is Cc1cc(-[n+]2c(C)cc3cc4c(cc3c2-c2cccc(Cl)c2)OCO4)n[nH]1. The van der Waals surface area contributed by atoms with Gasteiger partial charge >= 0.3 is 5.82 Å². The minimum absolute atomic E-state index is 0.246. The minimum Gasteiger partial charge on any atom is -0.454 e. The van der Waals surface area contributed by atoms with Crippen LogP contribution in [-0.2, 0) is 0 Å². The number of nitrogens with one attached hydrogen (secondary N) is 1. The van der Waals surface area contributed by atoms with Crippen LogP contribution in [0.4, 0.5) is 0 Å². The monoisotopic (exact) mass is 378 g/mol. The van der Waals surface area contributed by atoms with Gasteiger partial charge in [-0.25, -0.2) is 0 Å². The van der Waals surface area contributed by atoms with Gasteiger partial charge in [-0.2, -0.15) is 9.67 Å². The van der Waals surface area contributed by atoms with E-state index in [1.54, 1.807) is 0 Å². The first-order valence-electron chi connectivity index (χ1n) is 8.67. The van der Waals surface area contributed by atoms with E-state index in [9.17, 15) is 0 Å². The first kappa shape index (κ1) is 16.1. The molecular formula is C21H17ClN3O2+. The smallest absolute Gasteiger partial charge is 0.355 e. The molecule has 0 fully saturated rings. The molecule has 0 aliphatic carbocycles. The Morgan fingerprint density at radius 3 is 2.59 bits per heavy atom. The van der Waals surface area contributed by atoms with Crippen molar-refractivity contribution >= 4 is 22.4 Å². The highest BCUT2D eigenvalue weighted by Crippen LogP contribution is 2.39. The molecule has 1 aliphatic rings. The number of aryl methyl sites for hydroxylation is 2. The highest BCUT2D eigenvalue weighted by Gasteiger charge is 2.25. The van der Waals surface area contributed by atoms with Crippen LogP contribution in [0.15, 0.2) is 48.5 Å². The molecule has 0 atom stereocenters. The minimum atomic E-state index is 0.246. The van der Waals surface area contributed by atoms with E-state index in [2.05, 4.69) is 33.8 Å². The average Bonchev–Trinajstić information content (AvgIpc) is 3.27. The quantitative estimate of drug-likeness (QED) is 0.522. The largest absolute Gasteiger partial charge is 0.454 e. The van der Waals surface area contributed by atoms with Crippen molar-refractivity contribution in [3.8, 4) is 28.6 Å². The maximum absolute atomic E-state index is 6.31. The Labute approximate surface area is 161 Å². The van der Waals surface area contributed by atoms with E-state index < -0.39 is 0 Å². The van der Waals surface area contributed by atoms with Crippen LogP contribution in [-0.4, -0.2) is 17.0 Å². The van der Waals surface area contributed by atoms with Crippen LogP contribution in [0.1, 0.15) is 11.4 Å². The van der Waals surface area contributed by atoms with Crippen molar-refractivity contribution in [2.45, 2.75) is 13.8 Å². The first-order valence-corrected chi connectivity index (χ1v) is 9.05. The molecule has 1 aliphatic heterocycles. The molecule has 6 heteroatoms. The van der Waals surface area contributed by atoms with Crippen LogP contribution < -0.4 is 14.0 Å². The third-order valence-corrected chi connectivity index (χ3v) is 5.00. The summed E-state index contributed by atoms with van der Waals surface area (Å²) in [7, 11) is 0. The van der Waals surface area contributed by atoms with Gasteiger partial charge in [0.1, 0.15) is 11.4 Å². The molecule has 1 N–H and O–H groups in total. The van der Waals surface area contributed by atoms with Crippen molar-refractivity contribution in [1.82, 2.24) is 10.2 Å². The van der Waals surface area contributed by atoms with E-state index in [0.717, 1.165) is 50.7 Å². The summed E-state index contributed by atoms with van der Waals surface area (Å²) in [5.41, 5.74) is 4.08. The topological polar surface area (TPSA) is 51.0 Å². The summed E-state index contributed by atoms with van der Waals surface area (Å²) >= 11 is 6.31. The molecule has 134 valence electrons. The molecule has 0 amide bonds. The fraction of sp³-hybridized carbons (Fsp3) is 0.143. The van der Waals surface area contributed by atoms with E-state index in [1.807, 2.05) is 43.3 Å². The van der Waals surface area contributed by atoms with Crippen LogP contribution in [0.3, 0.4) is 0 Å². The Bertz CT molecular complexity index is 1200. The number of benzene rings is 2. The highest BCUT2D eigenvalue weighted by atomic mass is 35.5. The highest BCUT2D eigenvalue weighted by molar-refractivity contribution is 6.30. The predicted octanol–water partition coefficient (Wildman–Crippen LogP) is 4.51. The van der Waals surface area contributed by atoms with Crippen LogP contribution in [0.5, 0.6) is 11.5 Å². The maximum Gasteiger partial charge on any atom is 0.355 e. The normalized spacial score (nSPS) is 12.7. The van der Waals surface area contributed by atoms with Crippen LogP contribution >= 0.6 is 11.6 Å². The molecule has 0 saturated heterocycles. The number of fused-ring (bicyclic) bond motifs is 2. The number of hydrogen-bond donors (Lipinski definition) is 1. The number of nitrogens with zero attached hydrogens (tertiary/aromatic N) is 2. The van der Waals surface area contributed by atoms with Crippen molar-refractivity contribution < 1.29 is 14.0 Å². The zero-order valence-corrected chi connectivity index (χ0v) is 15.7. The first-order chi connectivity index (χ1) is 13.1. The van der Waals surface area contributed by atoms with Crippen molar-refractivity contribution in [2.75, 3.05) is 6.79 Å². The number of pyridine rings is 1. The second kappa shape index (κ2) is 5.99. The van der Waals surface area contributed by atoms with Gasteiger partial charge in [0, 0.05) is 16.0 Å². The van der Waals surface area contributed by atoms with Crippen molar-refractivity contribution in [3.63, 3.8) is 0 Å². The van der Waals surface area contributed by atoms with Crippen molar-refractivity contribution in [3.05, 3.63) is 64.9 Å². The summed E-state index contributed by atoms with van der Waals surface area (Å²) in [4.78, 5) is 0. The average molecular weight is 379 g/mol. The van der Waals surface area contributed by atoms with Gasteiger partial charge in [0.05, 0.1) is 16.9 Å². The van der Waals surface area contributed by atoms with Gasteiger partial charge in [0.15, 0.2) is 11.5 Å². The predicted molar refractivity (Wildman–Crippen MR) is 104 cm³/mol. The molecule has 27 heavy (non-hydrogen) atoms. The van der Waals surface area contributed by atoms with Crippen LogP contribution in [0.25, 0.3) is 27.8 Å². The lowest BCUT2D eigenvalue weighted by Gasteiger charge is -2.13. The van der Waals surface area contributed by atoms with E-state index in [1.165, 1.54) is 0 Å². The van der Waals surface area contributed by atoms with Crippen molar-refractivity contribution in [2.24, 2.45) is 0 Å². The lowest BCUT2D eigenvalue weighted by atomic mass is 10.0. The summed E-state index contributed by atoms with van der Waals surface area (Å²) in [5, 5.41) is 10.3. The van der Waals surface area contributed by atoms with Crippen LogP contribution in [0.2, 0.25) is 5.02 Å². The lowest BCUT2D eigenvalue weighted by Crippen LogP contribution is -2.37. The Balaban J connectivity index is 1.91. The standard InChI is InChI=1S/C21H17ClN3O2/c1-12-6-20(24-23-12)25-13(2)7-15-9-18-19(27-11-26-18)10-17(15)21(25)14-4-3-5-16(22)8-14/h3-10H,11H2,1-2H3,(H,23,24)/q+1. The van der Waals surface area contributed by atoms with Crippen molar-refractivity contribution in [1.29, 1.82) is 0 Å². The number of rotatable bonds is 2. The van der Waals surface area contributed by atoms with E-state index in [-0.39, 0.29) is 6.79 Å². The molecule has 2 aromatic heterocycles. The van der Waals surface area contributed by atoms with Gasteiger partial charge in [0.2, 0.25) is 6.79 Å². The molecular weight excluding hydrogens is 362 g/mol. The summed E-state index contributed by atoms with van der Waals surface area (Å²) in [6.45, 7) is 4.31. The van der Waals surface area contributed by atoms with Gasteiger partial charge in [-0.1, -0.05) is 23.7 Å². The Kier molecular flexibility index (Phi) is 3.58. The molecule has 0 saturated carbocycles. The van der Waals surface area contributed by atoms with Gasteiger partial charge in [0.25, 0.3) is 0 Å². The second-order valence-corrected chi connectivity index (χ2v) is 7.12. The van der Waals surface area contributed by atoms with Gasteiger partial charge < -0.3 is 9.47 Å². The molecule has 4 aromatic rings. The van der Waals surface area contributed by atoms with Gasteiger partial charge in [-0.05, 0) is 49.6 Å². The van der Waals surface area contributed by atoms with Gasteiger partial charge in [-0.3, -0.25) is 0 Å². The number of ether oxygens (including phenoxy) is 2. The summed E-state index contributed by atoms with van der Waals surface area (Å²) in [5.74, 6) is 2.35. The maximum atomic E-state index is 6.31. The molecule has 0 unspecified atom stereocenters. The Morgan fingerprint density at radius 2 is 1.85 bits per heavy atom. The van der Waals surface area contributed by atoms with Gasteiger partial charge in [-0.15, -0.1) is 0 Å². The summed E-state index contributed by atoms with van der Waals surface area (Å²) in [6, 6.07) is 16.1. The number of hydrogen-bond acceptors (Lipinski definition) is 3. The molecule has 5 rings (SSSR count). The zero-order valence-electron chi connectivity index (χ0n) is 14.9. The molecule has 3 heterocycles. The molecule has 0 spiro atoms. The fourth-order valence-corrected chi connectivity index (χ4v) is 3.79. The summed E-state index contributed by atoms with van der Waals surface area (Å²) < 4.78 is 13.3. The van der Waals surface area contributed by atoms with E-state index >= 15 is 0 Å². The Hall–Kier alpha value is -3.05. The third kappa shape index (κ3) is 2.62. The Morgan fingerprint density at radius 1 is 1.04 bits per heavy atom. The fourth-order valence-electron chi connectivity index (χ4n) is 3.60. The third-order valence-electron chi connectivity index (χ3n) is 4.76. The zero-order chi connectivity index (χ0) is 18.5. The number of H-pyrrole nitrogens is 1. The molecule has 0 bridgehead atoms. The number of aromatic amines is 1. The molecule has 0 radical (unpaired) electrons. The number of aromatic nitrogens is 3. The lowest BCUT2D eigenvalue weighted by molar-refractivity contribution is -0.593. The second-order valence-electron chi connectivity index (χ2n) is 6.68. The van der Waals surface area contributed by atoms with E-state index in [4.69, 9.17) is 21.1 Å². The molecule has 5 nitrogen and oxygen atoms in total. The molecule has 2 aromatic carbocycles. The number of halogens is 1.